The van der Waals surface area contributed by atoms with Gasteiger partial charge in [0.2, 0.25) is 0 Å². The van der Waals surface area contributed by atoms with Gasteiger partial charge in [-0.2, -0.15) is 0 Å². The Labute approximate surface area is 71.2 Å². The molecule has 0 saturated heterocycles. The van der Waals surface area contributed by atoms with Gasteiger partial charge in [0.05, 0.1) is 17.5 Å². The van der Waals surface area contributed by atoms with Gasteiger partial charge in [0, 0.05) is 7.05 Å². The molecule has 0 bridgehead atoms. The van der Waals surface area contributed by atoms with E-state index in [0.29, 0.717) is 0 Å². The van der Waals surface area contributed by atoms with Crippen LogP contribution in [0.3, 0.4) is 0 Å². The smallest absolute Gasteiger partial charge is 0.0725 e. The van der Waals surface area contributed by atoms with E-state index in [9.17, 15) is 5.11 Å². The first-order valence-electron chi connectivity index (χ1n) is 4.26. The zero-order valence-corrected chi connectivity index (χ0v) is 7.19. The summed E-state index contributed by atoms with van der Waals surface area (Å²) in [6.07, 6.45) is 5.39. The summed E-state index contributed by atoms with van der Waals surface area (Å²) < 4.78 is 1.76. The van der Waals surface area contributed by atoms with Crippen molar-refractivity contribution in [3.8, 4) is 0 Å². The maximum absolute atomic E-state index is 9.57. The van der Waals surface area contributed by atoms with E-state index in [1.54, 1.807) is 10.9 Å². The second kappa shape index (κ2) is 2.55. The Hall–Kier alpha value is -0.900. The van der Waals surface area contributed by atoms with Crippen LogP contribution < -0.4 is 0 Å². The maximum Gasteiger partial charge on any atom is 0.0725 e. The highest BCUT2D eigenvalue weighted by atomic mass is 16.3. The Morgan fingerprint density at radius 3 is 2.92 bits per heavy atom. The van der Waals surface area contributed by atoms with Crippen LogP contribution in [0.4, 0.5) is 0 Å². The zero-order valence-electron chi connectivity index (χ0n) is 7.19. The molecule has 1 aliphatic carbocycles. The van der Waals surface area contributed by atoms with Crippen LogP contribution in [0.15, 0.2) is 6.20 Å². The normalized spacial score (nSPS) is 19.5. The molecule has 2 rings (SSSR count). The molecular weight excluding hydrogens is 154 g/mol. The molecule has 0 spiro atoms. The summed E-state index contributed by atoms with van der Waals surface area (Å²) in [5, 5.41) is 17.2. The number of rotatable bonds is 3. The average molecular weight is 167 g/mol. The first-order valence-corrected chi connectivity index (χ1v) is 4.26. The van der Waals surface area contributed by atoms with Crippen molar-refractivity contribution in [3.05, 3.63) is 11.9 Å². The van der Waals surface area contributed by atoms with Crippen molar-refractivity contribution in [2.45, 2.75) is 31.3 Å². The van der Waals surface area contributed by atoms with E-state index >= 15 is 0 Å². The summed E-state index contributed by atoms with van der Waals surface area (Å²) in [4.78, 5) is 0. The Bertz CT molecular complexity index is 278. The van der Waals surface area contributed by atoms with Crippen LogP contribution in [0.1, 0.15) is 25.0 Å². The van der Waals surface area contributed by atoms with Gasteiger partial charge in [-0.15, -0.1) is 5.10 Å². The fraction of sp³-hybridized carbons (Fsp3) is 0.750. The van der Waals surface area contributed by atoms with Crippen molar-refractivity contribution >= 4 is 0 Å². The Balaban J connectivity index is 1.91. The number of aryl methyl sites for hydroxylation is 2. The van der Waals surface area contributed by atoms with Gasteiger partial charge in [-0.05, 0) is 25.7 Å². The van der Waals surface area contributed by atoms with Crippen LogP contribution in [0, 0.1) is 0 Å². The molecule has 4 heteroatoms. The molecule has 66 valence electrons. The lowest BCUT2D eigenvalue weighted by Crippen LogP contribution is -2.09. The molecule has 1 N–H and O–H groups in total. The molecule has 0 unspecified atom stereocenters. The standard InChI is InChI=1S/C8H13N3O/c1-11-7(6-9-10-11)2-3-8(12)4-5-8/h6,12H,2-5H2,1H3. The van der Waals surface area contributed by atoms with Crippen LogP contribution in [-0.4, -0.2) is 25.7 Å². The third kappa shape index (κ3) is 1.48. The summed E-state index contributed by atoms with van der Waals surface area (Å²) in [5.41, 5.74) is 0.736. The molecule has 0 aromatic carbocycles. The lowest BCUT2D eigenvalue weighted by Gasteiger charge is -2.05. The van der Waals surface area contributed by atoms with E-state index in [2.05, 4.69) is 10.3 Å². The van der Waals surface area contributed by atoms with Gasteiger partial charge < -0.3 is 5.11 Å². The summed E-state index contributed by atoms with van der Waals surface area (Å²) in [6.45, 7) is 0. The van der Waals surface area contributed by atoms with E-state index in [-0.39, 0.29) is 5.60 Å². The van der Waals surface area contributed by atoms with Gasteiger partial charge in [0.15, 0.2) is 0 Å². The zero-order chi connectivity index (χ0) is 8.60. The van der Waals surface area contributed by atoms with Gasteiger partial charge in [-0.25, -0.2) is 0 Å². The molecule has 12 heavy (non-hydrogen) atoms. The van der Waals surface area contributed by atoms with Gasteiger partial charge in [0.1, 0.15) is 0 Å². The molecule has 0 aliphatic heterocycles. The topological polar surface area (TPSA) is 50.9 Å². The summed E-state index contributed by atoms with van der Waals surface area (Å²) in [6, 6.07) is 0. The minimum absolute atomic E-state index is 0.357. The van der Waals surface area contributed by atoms with Gasteiger partial charge in [0.25, 0.3) is 0 Å². The van der Waals surface area contributed by atoms with Crippen LogP contribution in [0.25, 0.3) is 0 Å². The van der Waals surface area contributed by atoms with Crippen molar-refractivity contribution in [2.24, 2.45) is 7.05 Å². The quantitative estimate of drug-likeness (QED) is 0.703. The molecule has 1 aliphatic rings. The third-order valence-corrected chi connectivity index (χ3v) is 2.48. The van der Waals surface area contributed by atoms with Crippen molar-refractivity contribution in [3.63, 3.8) is 0 Å². The van der Waals surface area contributed by atoms with Crippen molar-refractivity contribution in [1.29, 1.82) is 0 Å². The van der Waals surface area contributed by atoms with Crippen LogP contribution in [0.2, 0.25) is 0 Å². The lowest BCUT2D eigenvalue weighted by molar-refractivity contribution is 0.140. The Kier molecular flexibility index (Phi) is 1.65. The second-order valence-corrected chi connectivity index (χ2v) is 3.57. The van der Waals surface area contributed by atoms with Crippen LogP contribution in [-0.2, 0) is 13.5 Å². The van der Waals surface area contributed by atoms with Crippen molar-refractivity contribution in [2.75, 3.05) is 0 Å². The van der Waals surface area contributed by atoms with E-state index in [1.807, 2.05) is 7.05 Å². The highest BCUT2D eigenvalue weighted by Crippen LogP contribution is 2.38. The molecular formula is C8H13N3O. The van der Waals surface area contributed by atoms with Crippen LogP contribution >= 0.6 is 0 Å². The number of nitrogens with zero attached hydrogens (tertiary/aromatic N) is 3. The molecule has 1 saturated carbocycles. The highest BCUT2D eigenvalue weighted by molar-refractivity contribution is 5.00. The fourth-order valence-corrected chi connectivity index (χ4v) is 1.29. The van der Waals surface area contributed by atoms with E-state index in [4.69, 9.17) is 0 Å². The predicted octanol–water partition coefficient (Wildman–Crippen LogP) is 0.273. The fourth-order valence-electron chi connectivity index (χ4n) is 1.29. The predicted molar refractivity (Wildman–Crippen MR) is 43.5 cm³/mol. The number of aromatic nitrogens is 3. The maximum atomic E-state index is 9.57. The minimum atomic E-state index is -0.357. The molecule has 0 amide bonds. The van der Waals surface area contributed by atoms with E-state index in [1.165, 1.54) is 0 Å². The first kappa shape index (κ1) is 7.73. The molecule has 1 fully saturated rings. The Morgan fingerprint density at radius 2 is 2.42 bits per heavy atom. The second-order valence-electron chi connectivity index (χ2n) is 3.57. The van der Waals surface area contributed by atoms with Gasteiger partial charge >= 0.3 is 0 Å². The van der Waals surface area contributed by atoms with Gasteiger partial charge in [-0.3, -0.25) is 4.68 Å². The SMILES string of the molecule is Cn1nncc1CCC1(O)CC1. The molecule has 0 atom stereocenters. The van der Waals surface area contributed by atoms with Crippen LogP contribution in [0.5, 0.6) is 0 Å². The molecule has 0 radical (unpaired) electrons. The average Bonchev–Trinajstić information content (AvgIpc) is 2.61. The number of hydrogen-bond donors (Lipinski definition) is 1. The molecule has 1 aromatic rings. The first-order chi connectivity index (χ1) is 5.70. The number of aliphatic hydroxyl groups is 1. The Morgan fingerprint density at radius 1 is 1.67 bits per heavy atom. The third-order valence-electron chi connectivity index (χ3n) is 2.48. The summed E-state index contributed by atoms with van der Waals surface area (Å²) in [5.74, 6) is 0. The van der Waals surface area contributed by atoms with Crippen molar-refractivity contribution < 1.29 is 5.11 Å². The monoisotopic (exact) mass is 167 g/mol. The summed E-state index contributed by atoms with van der Waals surface area (Å²) >= 11 is 0. The molecule has 1 aromatic heterocycles. The number of hydrogen-bond acceptors (Lipinski definition) is 3. The van der Waals surface area contributed by atoms with E-state index < -0.39 is 0 Å². The summed E-state index contributed by atoms with van der Waals surface area (Å²) in [7, 11) is 1.87. The van der Waals surface area contributed by atoms with Gasteiger partial charge in [-0.1, -0.05) is 5.21 Å². The molecule has 4 nitrogen and oxygen atoms in total. The lowest BCUT2D eigenvalue weighted by atomic mass is 10.1. The molecule has 1 heterocycles. The largest absolute Gasteiger partial charge is 0.390 e. The van der Waals surface area contributed by atoms with Crippen molar-refractivity contribution in [1.82, 2.24) is 15.0 Å². The van der Waals surface area contributed by atoms with E-state index in [0.717, 1.165) is 31.4 Å². The minimum Gasteiger partial charge on any atom is -0.390 e. The highest BCUT2D eigenvalue weighted by Gasteiger charge is 2.39.